The molecule has 2 rings (SSSR count). The van der Waals surface area contributed by atoms with E-state index in [2.05, 4.69) is 0 Å². The van der Waals surface area contributed by atoms with Crippen molar-refractivity contribution in [2.75, 3.05) is 6.61 Å². The van der Waals surface area contributed by atoms with Crippen molar-refractivity contribution in [3.8, 4) is 11.8 Å². The van der Waals surface area contributed by atoms with Gasteiger partial charge in [-0.25, -0.2) is 4.79 Å². The second-order valence-electron chi connectivity index (χ2n) is 3.20. The number of rotatable bonds is 2. The van der Waals surface area contributed by atoms with E-state index >= 15 is 0 Å². The molecule has 0 spiro atoms. The van der Waals surface area contributed by atoms with Gasteiger partial charge < -0.3 is 9.47 Å². The number of cyclic esters (lactones) is 1. The zero-order valence-corrected chi connectivity index (χ0v) is 7.97. The van der Waals surface area contributed by atoms with Crippen molar-refractivity contribution in [1.82, 2.24) is 0 Å². The maximum absolute atomic E-state index is 11.1. The van der Waals surface area contributed by atoms with Crippen LogP contribution in [0.5, 0.6) is 5.75 Å². The molecule has 15 heavy (non-hydrogen) atoms. The molecule has 0 radical (unpaired) electrons. The van der Waals surface area contributed by atoms with E-state index in [4.69, 9.17) is 14.7 Å². The predicted molar refractivity (Wildman–Crippen MR) is 51.1 cm³/mol. The monoisotopic (exact) mass is 203 g/mol. The summed E-state index contributed by atoms with van der Waals surface area (Å²) >= 11 is 0. The summed E-state index contributed by atoms with van der Waals surface area (Å²) in [7, 11) is 0. The van der Waals surface area contributed by atoms with Crippen LogP contribution in [-0.4, -0.2) is 18.7 Å². The summed E-state index contributed by atoms with van der Waals surface area (Å²) in [6.45, 7) is 0.416. The molecule has 1 aliphatic heterocycles. The lowest BCUT2D eigenvalue weighted by Gasteiger charge is -2.09. The number of nitrogens with zero attached hydrogens (tertiary/aromatic N) is 1. The molecule has 0 bridgehead atoms. The van der Waals surface area contributed by atoms with E-state index < -0.39 is 6.10 Å². The molecule has 1 aromatic carbocycles. The summed E-state index contributed by atoms with van der Waals surface area (Å²) < 4.78 is 10.2. The SMILES string of the molecule is N#Cc1ccc(O[C@@H]2CCOC2=O)cc1. The highest BCUT2D eigenvalue weighted by Crippen LogP contribution is 2.17. The third kappa shape index (κ3) is 2.08. The summed E-state index contributed by atoms with van der Waals surface area (Å²) in [4.78, 5) is 11.1. The Kier molecular flexibility index (Phi) is 2.55. The molecule has 0 aliphatic carbocycles. The molecule has 4 nitrogen and oxygen atoms in total. The molecular weight excluding hydrogens is 194 g/mol. The first kappa shape index (κ1) is 9.53. The van der Waals surface area contributed by atoms with Crippen LogP contribution >= 0.6 is 0 Å². The zero-order valence-electron chi connectivity index (χ0n) is 7.97. The van der Waals surface area contributed by atoms with Gasteiger partial charge in [0.1, 0.15) is 5.75 Å². The van der Waals surface area contributed by atoms with Crippen molar-refractivity contribution >= 4 is 5.97 Å². The molecular formula is C11H9NO3. The lowest BCUT2D eigenvalue weighted by atomic mass is 10.2. The van der Waals surface area contributed by atoms with Crippen LogP contribution in [0.2, 0.25) is 0 Å². The van der Waals surface area contributed by atoms with E-state index in [-0.39, 0.29) is 5.97 Å². The van der Waals surface area contributed by atoms with Crippen molar-refractivity contribution < 1.29 is 14.3 Å². The summed E-state index contributed by atoms with van der Waals surface area (Å²) in [6.07, 6.45) is 0.0803. The normalized spacial score (nSPS) is 19.4. The first-order chi connectivity index (χ1) is 7.29. The second-order valence-corrected chi connectivity index (χ2v) is 3.20. The first-order valence-electron chi connectivity index (χ1n) is 4.63. The van der Waals surface area contributed by atoms with E-state index in [1.807, 2.05) is 6.07 Å². The Hall–Kier alpha value is -2.02. The van der Waals surface area contributed by atoms with E-state index in [9.17, 15) is 4.79 Å². The van der Waals surface area contributed by atoms with Crippen LogP contribution in [0.3, 0.4) is 0 Å². The van der Waals surface area contributed by atoms with Crippen LogP contribution in [-0.2, 0) is 9.53 Å². The minimum atomic E-state index is -0.502. The number of benzene rings is 1. The standard InChI is InChI=1S/C11H9NO3/c12-7-8-1-3-9(4-2-8)15-10-5-6-14-11(10)13/h1-4,10H,5-6H2/t10-/m1/s1. The van der Waals surface area contributed by atoms with Crippen LogP contribution in [0.25, 0.3) is 0 Å². The highest BCUT2D eigenvalue weighted by molar-refractivity contribution is 5.76. The number of carbonyl (C=O) groups is 1. The van der Waals surface area contributed by atoms with Gasteiger partial charge in [-0.05, 0) is 24.3 Å². The Morgan fingerprint density at radius 1 is 1.40 bits per heavy atom. The van der Waals surface area contributed by atoms with Crippen molar-refractivity contribution in [3.05, 3.63) is 29.8 Å². The maximum Gasteiger partial charge on any atom is 0.347 e. The van der Waals surface area contributed by atoms with Crippen molar-refractivity contribution in [2.24, 2.45) is 0 Å². The Morgan fingerprint density at radius 3 is 2.67 bits per heavy atom. The van der Waals surface area contributed by atoms with Gasteiger partial charge in [-0.2, -0.15) is 5.26 Å². The van der Waals surface area contributed by atoms with Crippen LogP contribution in [0.15, 0.2) is 24.3 Å². The van der Waals surface area contributed by atoms with E-state index in [0.29, 0.717) is 24.3 Å². The highest BCUT2D eigenvalue weighted by Gasteiger charge is 2.28. The van der Waals surface area contributed by atoms with E-state index in [0.717, 1.165) is 0 Å². The molecule has 0 amide bonds. The van der Waals surface area contributed by atoms with Gasteiger partial charge in [0.15, 0.2) is 6.10 Å². The number of esters is 1. The highest BCUT2D eigenvalue weighted by atomic mass is 16.6. The molecule has 1 heterocycles. The lowest BCUT2D eigenvalue weighted by molar-refractivity contribution is -0.143. The predicted octanol–water partition coefficient (Wildman–Crippen LogP) is 1.25. The molecule has 0 unspecified atom stereocenters. The topological polar surface area (TPSA) is 59.3 Å². The molecule has 0 N–H and O–H groups in total. The van der Waals surface area contributed by atoms with Crippen molar-refractivity contribution in [2.45, 2.75) is 12.5 Å². The fourth-order valence-electron chi connectivity index (χ4n) is 1.36. The first-order valence-corrected chi connectivity index (χ1v) is 4.63. The summed E-state index contributed by atoms with van der Waals surface area (Å²) in [6, 6.07) is 8.65. The summed E-state index contributed by atoms with van der Waals surface area (Å²) in [5.74, 6) is 0.261. The largest absolute Gasteiger partial charge is 0.479 e. The number of carbonyl (C=O) groups excluding carboxylic acids is 1. The minimum Gasteiger partial charge on any atom is -0.479 e. The quantitative estimate of drug-likeness (QED) is 0.679. The molecule has 0 aromatic heterocycles. The molecule has 0 saturated carbocycles. The number of nitriles is 1. The Labute approximate surface area is 87.0 Å². The smallest absolute Gasteiger partial charge is 0.347 e. The van der Waals surface area contributed by atoms with Crippen LogP contribution < -0.4 is 4.74 Å². The average Bonchev–Trinajstić information content (AvgIpc) is 2.66. The van der Waals surface area contributed by atoms with Crippen LogP contribution in [0.4, 0.5) is 0 Å². The van der Waals surface area contributed by atoms with E-state index in [1.165, 1.54) is 0 Å². The summed E-state index contributed by atoms with van der Waals surface area (Å²) in [5.41, 5.74) is 0.566. The maximum atomic E-state index is 11.1. The average molecular weight is 203 g/mol. The third-order valence-corrected chi connectivity index (χ3v) is 2.15. The fourth-order valence-corrected chi connectivity index (χ4v) is 1.36. The number of ether oxygens (including phenoxy) is 2. The van der Waals surface area contributed by atoms with Gasteiger partial charge in [-0.1, -0.05) is 0 Å². The van der Waals surface area contributed by atoms with Crippen molar-refractivity contribution in [1.29, 1.82) is 5.26 Å². The van der Waals surface area contributed by atoms with Gasteiger partial charge >= 0.3 is 5.97 Å². The Morgan fingerprint density at radius 2 is 2.13 bits per heavy atom. The number of hydrogen-bond acceptors (Lipinski definition) is 4. The van der Waals surface area contributed by atoms with Crippen LogP contribution in [0, 0.1) is 11.3 Å². The third-order valence-electron chi connectivity index (χ3n) is 2.15. The van der Waals surface area contributed by atoms with Gasteiger partial charge in [0.2, 0.25) is 0 Å². The molecule has 1 aromatic rings. The minimum absolute atomic E-state index is 0.320. The van der Waals surface area contributed by atoms with E-state index in [1.54, 1.807) is 24.3 Å². The Bertz CT molecular complexity index is 405. The molecule has 76 valence electrons. The second kappa shape index (κ2) is 4.01. The summed E-state index contributed by atoms with van der Waals surface area (Å²) in [5, 5.41) is 8.59. The zero-order chi connectivity index (χ0) is 10.7. The molecule has 1 fully saturated rings. The van der Waals surface area contributed by atoms with Gasteiger partial charge in [0, 0.05) is 6.42 Å². The fraction of sp³-hybridized carbons (Fsp3) is 0.273. The van der Waals surface area contributed by atoms with Crippen molar-refractivity contribution in [3.63, 3.8) is 0 Å². The molecule has 1 saturated heterocycles. The number of hydrogen-bond donors (Lipinski definition) is 0. The van der Waals surface area contributed by atoms with Gasteiger partial charge in [0.25, 0.3) is 0 Å². The Balaban J connectivity index is 2.05. The van der Waals surface area contributed by atoms with Gasteiger partial charge in [0.05, 0.1) is 18.2 Å². The molecule has 1 atom stereocenters. The van der Waals surface area contributed by atoms with Crippen LogP contribution in [0.1, 0.15) is 12.0 Å². The molecule has 1 aliphatic rings. The molecule has 4 heteroatoms. The van der Waals surface area contributed by atoms with Gasteiger partial charge in [-0.3, -0.25) is 0 Å². The lowest BCUT2D eigenvalue weighted by Crippen LogP contribution is -2.21. The van der Waals surface area contributed by atoms with Gasteiger partial charge in [-0.15, -0.1) is 0 Å².